The summed E-state index contributed by atoms with van der Waals surface area (Å²) in [4.78, 5) is 5.38. The summed E-state index contributed by atoms with van der Waals surface area (Å²) in [7, 11) is 0. The monoisotopic (exact) mass is 232 g/mol. The van der Waals surface area contributed by atoms with Crippen LogP contribution in [-0.4, -0.2) is 11.7 Å². The minimum absolute atomic E-state index is 0.211. The molecule has 0 aliphatic rings. The van der Waals surface area contributed by atoms with Crippen molar-refractivity contribution in [3.8, 4) is 17.4 Å². The standard InChI is InChI=1S/C13H13NO3/c1-2-16-14-10-4-3-5-13(14)17-12-8-6-11(15)7-9-12/h3-10H,2H2,1H3/p+1. The zero-order chi connectivity index (χ0) is 12.1. The van der Waals surface area contributed by atoms with Crippen LogP contribution >= 0.6 is 0 Å². The molecule has 0 unspecified atom stereocenters. The maximum atomic E-state index is 9.18. The van der Waals surface area contributed by atoms with E-state index < -0.39 is 0 Å². The molecular formula is C13H14NO3+. The summed E-state index contributed by atoms with van der Waals surface area (Å²) in [6.07, 6.45) is 1.78. The van der Waals surface area contributed by atoms with Crippen molar-refractivity contribution in [3.63, 3.8) is 0 Å². The van der Waals surface area contributed by atoms with E-state index in [2.05, 4.69) is 0 Å². The van der Waals surface area contributed by atoms with Gasteiger partial charge in [-0.2, -0.15) is 0 Å². The zero-order valence-electron chi connectivity index (χ0n) is 9.54. The lowest BCUT2D eigenvalue weighted by atomic mass is 10.3. The summed E-state index contributed by atoms with van der Waals surface area (Å²) in [6, 6.07) is 12.1. The van der Waals surface area contributed by atoms with E-state index in [1.54, 1.807) is 35.2 Å². The maximum Gasteiger partial charge on any atom is 0.422 e. The van der Waals surface area contributed by atoms with E-state index in [0.717, 1.165) is 0 Å². The van der Waals surface area contributed by atoms with Crippen molar-refractivity contribution >= 4 is 0 Å². The average Bonchev–Trinajstić information content (AvgIpc) is 2.35. The highest BCUT2D eigenvalue weighted by atomic mass is 16.7. The molecule has 0 radical (unpaired) electrons. The molecule has 0 spiro atoms. The number of hydrogen-bond donors (Lipinski definition) is 1. The van der Waals surface area contributed by atoms with Crippen LogP contribution < -0.4 is 14.3 Å². The summed E-state index contributed by atoms with van der Waals surface area (Å²) in [5.74, 6) is 1.44. The number of pyridine rings is 1. The molecule has 1 aromatic carbocycles. The molecule has 1 N–H and O–H groups in total. The molecule has 0 aliphatic heterocycles. The van der Waals surface area contributed by atoms with Crippen molar-refractivity contribution in [2.24, 2.45) is 0 Å². The second-order valence-electron chi connectivity index (χ2n) is 3.38. The molecular weight excluding hydrogens is 218 g/mol. The van der Waals surface area contributed by atoms with Gasteiger partial charge in [-0.3, -0.25) is 4.84 Å². The van der Waals surface area contributed by atoms with Gasteiger partial charge < -0.3 is 9.84 Å². The fourth-order valence-electron chi connectivity index (χ4n) is 1.37. The molecule has 0 bridgehead atoms. The number of ether oxygens (including phenoxy) is 1. The van der Waals surface area contributed by atoms with Crippen molar-refractivity contribution in [1.82, 2.24) is 0 Å². The van der Waals surface area contributed by atoms with Crippen molar-refractivity contribution in [2.75, 3.05) is 6.61 Å². The van der Waals surface area contributed by atoms with Crippen LogP contribution in [0.4, 0.5) is 0 Å². The summed E-state index contributed by atoms with van der Waals surface area (Å²) < 4.78 is 7.21. The molecule has 17 heavy (non-hydrogen) atoms. The minimum atomic E-state index is 0.211. The Bertz CT molecular complexity index is 482. The van der Waals surface area contributed by atoms with Crippen molar-refractivity contribution < 1.29 is 19.4 Å². The van der Waals surface area contributed by atoms with Gasteiger partial charge in [-0.15, -0.1) is 0 Å². The summed E-state index contributed by atoms with van der Waals surface area (Å²) in [5.41, 5.74) is 0. The fraction of sp³-hybridized carbons (Fsp3) is 0.154. The molecule has 1 aromatic heterocycles. The van der Waals surface area contributed by atoms with E-state index in [-0.39, 0.29) is 5.75 Å². The molecule has 4 heteroatoms. The third-order valence-corrected chi connectivity index (χ3v) is 2.12. The van der Waals surface area contributed by atoms with Gasteiger partial charge in [-0.25, -0.2) is 0 Å². The Hall–Kier alpha value is -2.23. The van der Waals surface area contributed by atoms with Crippen molar-refractivity contribution in [2.45, 2.75) is 6.92 Å². The van der Waals surface area contributed by atoms with Crippen LogP contribution in [0.25, 0.3) is 0 Å². The van der Waals surface area contributed by atoms with Gasteiger partial charge >= 0.3 is 5.88 Å². The molecule has 0 saturated carbocycles. The maximum absolute atomic E-state index is 9.18. The molecule has 0 atom stereocenters. The molecule has 0 saturated heterocycles. The predicted octanol–water partition coefficient (Wildman–Crippen LogP) is 1.92. The number of phenols is 1. The molecule has 2 rings (SSSR count). The van der Waals surface area contributed by atoms with Gasteiger partial charge in [0.05, 0.1) is 6.07 Å². The highest BCUT2D eigenvalue weighted by Gasteiger charge is 2.13. The largest absolute Gasteiger partial charge is 0.508 e. The van der Waals surface area contributed by atoms with Crippen LogP contribution in [0.15, 0.2) is 48.7 Å². The minimum Gasteiger partial charge on any atom is -0.508 e. The first-order valence-corrected chi connectivity index (χ1v) is 5.40. The molecule has 2 aromatic rings. The van der Waals surface area contributed by atoms with Crippen LogP contribution in [0.2, 0.25) is 0 Å². The quantitative estimate of drug-likeness (QED) is 0.819. The normalized spacial score (nSPS) is 9.94. The topological polar surface area (TPSA) is 42.6 Å². The van der Waals surface area contributed by atoms with Crippen LogP contribution in [0.3, 0.4) is 0 Å². The number of nitrogens with zero attached hydrogens (tertiary/aromatic N) is 1. The van der Waals surface area contributed by atoms with E-state index in [0.29, 0.717) is 18.2 Å². The smallest absolute Gasteiger partial charge is 0.422 e. The molecule has 0 fully saturated rings. The van der Waals surface area contributed by atoms with Gasteiger partial charge in [0.25, 0.3) is 0 Å². The Balaban J connectivity index is 2.20. The second-order valence-corrected chi connectivity index (χ2v) is 3.38. The van der Waals surface area contributed by atoms with Gasteiger partial charge in [0.15, 0.2) is 6.61 Å². The third kappa shape index (κ3) is 2.87. The summed E-state index contributed by atoms with van der Waals surface area (Å²) in [5, 5.41) is 9.18. The molecule has 0 amide bonds. The van der Waals surface area contributed by atoms with Gasteiger partial charge in [-0.05, 0) is 37.3 Å². The van der Waals surface area contributed by atoms with E-state index >= 15 is 0 Å². The van der Waals surface area contributed by atoms with E-state index in [1.165, 1.54) is 0 Å². The first-order valence-electron chi connectivity index (χ1n) is 5.40. The molecule has 4 nitrogen and oxygen atoms in total. The van der Waals surface area contributed by atoms with Crippen LogP contribution in [-0.2, 0) is 0 Å². The fourth-order valence-corrected chi connectivity index (χ4v) is 1.37. The summed E-state index contributed by atoms with van der Waals surface area (Å²) in [6.45, 7) is 2.46. The lowest BCUT2D eigenvalue weighted by Gasteiger charge is -2.03. The lowest BCUT2D eigenvalue weighted by molar-refractivity contribution is -0.892. The van der Waals surface area contributed by atoms with Gasteiger partial charge in [0.2, 0.25) is 6.20 Å². The average molecular weight is 232 g/mol. The van der Waals surface area contributed by atoms with Crippen LogP contribution in [0.5, 0.6) is 17.4 Å². The number of phenolic OH excluding ortho intramolecular Hbond substituents is 1. The van der Waals surface area contributed by atoms with E-state index in [1.807, 2.05) is 25.1 Å². The first-order chi connectivity index (χ1) is 8.29. The Labute approximate surface area is 99.6 Å². The Kier molecular flexibility index (Phi) is 3.45. The molecule has 0 aliphatic carbocycles. The Morgan fingerprint density at radius 1 is 1.12 bits per heavy atom. The number of aromatic nitrogens is 1. The SMILES string of the molecule is CCO[n+]1ccccc1Oc1ccc(O)cc1. The highest BCUT2D eigenvalue weighted by Crippen LogP contribution is 2.20. The Morgan fingerprint density at radius 2 is 1.88 bits per heavy atom. The van der Waals surface area contributed by atoms with Crippen LogP contribution in [0.1, 0.15) is 6.92 Å². The Morgan fingerprint density at radius 3 is 2.59 bits per heavy atom. The molecule has 1 heterocycles. The predicted molar refractivity (Wildman–Crippen MR) is 61.9 cm³/mol. The van der Waals surface area contributed by atoms with Crippen molar-refractivity contribution in [3.05, 3.63) is 48.7 Å². The van der Waals surface area contributed by atoms with Gasteiger partial charge in [0, 0.05) is 10.8 Å². The van der Waals surface area contributed by atoms with E-state index in [9.17, 15) is 5.11 Å². The number of aromatic hydroxyl groups is 1. The van der Waals surface area contributed by atoms with Crippen LogP contribution in [0, 0.1) is 0 Å². The summed E-state index contributed by atoms with van der Waals surface area (Å²) >= 11 is 0. The van der Waals surface area contributed by atoms with E-state index in [4.69, 9.17) is 9.57 Å². The third-order valence-electron chi connectivity index (χ3n) is 2.12. The highest BCUT2D eigenvalue weighted by molar-refractivity contribution is 5.31. The first kappa shape index (κ1) is 11.3. The molecule has 88 valence electrons. The number of rotatable bonds is 4. The number of hydrogen-bond acceptors (Lipinski definition) is 3. The van der Waals surface area contributed by atoms with Gasteiger partial charge in [0.1, 0.15) is 11.5 Å². The number of benzene rings is 1. The van der Waals surface area contributed by atoms with Crippen molar-refractivity contribution in [1.29, 1.82) is 0 Å². The zero-order valence-corrected chi connectivity index (χ0v) is 9.54. The van der Waals surface area contributed by atoms with Gasteiger partial charge in [-0.1, -0.05) is 0 Å². The lowest BCUT2D eigenvalue weighted by Crippen LogP contribution is -2.43. The second kappa shape index (κ2) is 5.21.